The zero-order valence-electron chi connectivity index (χ0n) is 13.6. The van der Waals surface area contributed by atoms with Gasteiger partial charge in [0.15, 0.2) is 0 Å². The van der Waals surface area contributed by atoms with Crippen molar-refractivity contribution in [3.8, 4) is 0 Å². The Morgan fingerprint density at radius 2 is 2.00 bits per heavy atom. The van der Waals surface area contributed by atoms with E-state index in [4.69, 9.17) is 11.6 Å². The minimum Gasteiger partial charge on any atom is -0.356 e. The van der Waals surface area contributed by atoms with Crippen molar-refractivity contribution in [2.75, 3.05) is 6.54 Å². The lowest BCUT2D eigenvalue weighted by atomic mass is 10.3. The van der Waals surface area contributed by atoms with Crippen LogP contribution in [0.1, 0.15) is 29.9 Å². The maximum absolute atomic E-state index is 11.8. The van der Waals surface area contributed by atoms with Gasteiger partial charge >= 0.3 is 0 Å². The number of amides is 1. The largest absolute Gasteiger partial charge is 0.356 e. The van der Waals surface area contributed by atoms with Crippen molar-refractivity contribution in [2.24, 2.45) is 0 Å². The first-order valence-electron chi connectivity index (χ1n) is 7.54. The Morgan fingerprint density at radius 3 is 2.57 bits per heavy atom. The van der Waals surface area contributed by atoms with E-state index in [0.29, 0.717) is 19.5 Å². The number of aryl methyl sites for hydroxylation is 4. The second kappa shape index (κ2) is 8.14. The smallest absolute Gasteiger partial charge is 0.221 e. The first kappa shape index (κ1) is 18.3. The van der Waals surface area contributed by atoms with Gasteiger partial charge in [0.1, 0.15) is 0 Å². The molecule has 0 saturated heterocycles. The van der Waals surface area contributed by atoms with Gasteiger partial charge in [0.05, 0.1) is 25.7 Å². The van der Waals surface area contributed by atoms with Crippen molar-refractivity contribution in [1.82, 2.24) is 24.9 Å². The van der Waals surface area contributed by atoms with Crippen LogP contribution in [-0.2, 0) is 17.9 Å². The molecule has 0 aromatic carbocycles. The van der Waals surface area contributed by atoms with Crippen LogP contribution in [0.5, 0.6) is 0 Å². The van der Waals surface area contributed by atoms with Gasteiger partial charge in [0, 0.05) is 32.3 Å². The highest BCUT2D eigenvalue weighted by molar-refractivity contribution is 14.1. The summed E-state index contributed by atoms with van der Waals surface area (Å²) in [7, 11) is 0. The molecule has 0 aliphatic rings. The van der Waals surface area contributed by atoms with Crippen LogP contribution in [0.4, 0.5) is 0 Å². The van der Waals surface area contributed by atoms with Crippen LogP contribution in [0, 0.1) is 24.3 Å². The highest BCUT2D eigenvalue weighted by atomic mass is 127. The molecule has 1 amide bonds. The molecular formula is C15H21ClIN5O. The van der Waals surface area contributed by atoms with E-state index < -0.39 is 0 Å². The number of hydrogen-bond donors (Lipinski definition) is 1. The third-order valence-electron chi connectivity index (χ3n) is 3.62. The fraction of sp³-hybridized carbons (Fsp3) is 0.533. The van der Waals surface area contributed by atoms with E-state index in [1.165, 1.54) is 0 Å². The topological polar surface area (TPSA) is 64.7 Å². The van der Waals surface area contributed by atoms with E-state index in [0.717, 1.165) is 38.6 Å². The molecule has 8 heteroatoms. The number of hydrogen-bond acceptors (Lipinski definition) is 3. The van der Waals surface area contributed by atoms with Gasteiger partial charge in [0.25, 0.3) is 0 Å². The van der Waals surface area contributed by atoms with Gasteiger partial charge in [-0.1, -0.05) is 11.6 Å². The van der Waals surface area contributed by atoms with Gasteiger partial charge < -0.3 is 5.32 Å². The first-order valence-corrected chi connectivity index (χ1v) is 9.00. The van der Waals surface area contributed by atoms with Crippen LogP contribution >= 0.6 is 34.2 Å². The highest BCUT2D eigenvalue weighted by Crippen LogP contribution is 2.18. The number of nitrogens with one attached hydrogen (secondary N) is 1. The van der Waals surface area contributed by atoms with Crippen LogP contribution in [0.25, 0.3) is 0 Å². The Kier molecular flexibility index (Phi) is 6.46. The minimum atomic E-state index is 0.0413. The van der Waals surface area contributed by atoms with Crippen LogP contribution in [0.15, 0.2) is 6.20 Å². The summed E-state index contributed by atoms with van der Waals surface area (Å²) >= 11 is 8.35. The van der Waals surface area contributed by atoms with E-state index in [9.17, 15) is 4.79 Å². The van der Waals surface area contributed by atoms with E-state index in [2.05, 4.69) is 38.1 Å². The monoisotopic (exact) mass is 449 g/mol. The summed E-state index contributed by atoms with van der Waals surface area (Å²) in [6.07, 6.45) is 3.21. The van der Waals surface area contributed by atoms with Gasteiger partial charge in [-0.2, -0.15) is 10.2 Å². The number of nitrogens with zero attached hydrogens (tertiary/aromatic N) is 4. The van der Waals surface area contributed by atoms with E-state index in [1.54, 1.807) is 0 Å². The number of rotatable bonds is 7. The lowest BCUT2D eigenvalue weighted by Gasteiger charge is -2.07. The molecule has 0 saturated carbocycles. The second-order valence-electron chi connectivity index (χ2n) is 5.49. The maximum atomic E-state index is 11.8. The fourth-order valence-electron chi connectivity index (χ4n) is 2.26. The Balaban J connectivity index is 1.67. The van der Waals surface area contributed by atoms with E-state index in [1.807, 2.05) is 36.3 Å². The normalized spacial score (nSPS) is 11.0. The molecule has 0 bridgehead atoms. The van der Waals surface area contributed by atoms with Crippen molar-refractivity contribution < 1.29 is 4.79 Å². The summed E-state index contributed by atoms with van der Waals surface area (Å²) in [5.74, 6) is 0.0413. The third-order valence-corrected chi connectivity index (χ3v) is 5.22. The number of carbonyl (C=O) groups is 1. The number of halogens is 2. The molecule has 0 aliphatic heterocycles. The quantitative estimate of drug-likeness (QED) is 0.522. The van der Waals surface area contributed by atoms with Crippen molar-refractivity contribution in [3.05, 3.63) is 31.9 Å². The minimum absolute atomic E-state index is 0.0413. The molecule has 6 nitrogen and oxygen atoms in total. The average molecular weight is 450 g/mol. The van der Waals surface area contributed by atoms with Crippen LogP contribution in [-0.4, -0.2) is 32.0 Å². The third kappa shape index (κ3) is 4.94. The zero-order valence-corrected chi connectivity index (χ0v) is 16.5. The molecule has 1 N–H and O–H groups in total. The highest BCUT2D eigenvalue weighted by Gasteiger charge is 2.09. The van der Waals surface area contributed by atoms with E-state index >= 15 is 0 Å². The molecule has 0 atom stereocenters. The lowest BCUT2D eigenvalue weighted by Crippen LogP contribution is -2.26. The molecule has 0 fully saturated rings. The number of carbonyl (C=O) groups excluding carboxylic acids is 1. The Labute approximate surface area is 154 Å². The molecule has 126 valence electrons. The molecule has 23 heavy (non-hydrogen) atoms. The SMILES string of the molecule is Cc1nn(CCC(=O)NCCCn2nc(C)c(Cl)c2C)cc1I. The van der Waals surface area contributed by atoms with E-state index in [-0.39, 0.29) is 5.91 Å². The molecule has 0 aliphatic carbocycles. The van der Waals surface area contributed by atoms with Gasteiger partial charge in [-0.25, -0.2) is 0 Å². The summed E-state index contributed by atoms with van der Waals surface area (Å²) in [6.45, 7) is 7.78. The van der Waals surface area contributed by atoms with Crippen LogP contribution < -0.4 is 5.32 Å². The Morgan fingerprint density at radius 1 is 1.26 bits per heavy atom. The van der Waals surface area contributed by atoms with Gasteiger partial charge in [-0.05, 0) is 49.8 Å². The maximum Gasteiger partial charge on any atom is 0.221 e. The van der Waals surface area contributed by atoms with Crippen molar-refractivity contribution in [1.29, 1.82) is 0 Å². The van der Waals surface area contributed by atoms with Gasteiger partial charge in [0.2, 0.25) is 5.91 Å². The Bertz CT molecular complexity index is 675. The molecule has 0 radical (unpaired) electrons. The summed E-state index contributed by atoms with van der Waals surface area (Å²) in [5.41, 5.74) is 2.81. The molecule has 2 rings (SSSR count). The predicted molar refractivity (Wildman–Crippen MR) is 98.6 cm³/mol. The standard InChI is InChI=1S/C15H21ClIN5O/c1-10-13(17)9-21(19-10)8-5-14(23)18-6-4-7-22-12(3)15(16)11(2)20-22/h9H,4-8H2,1-3H3,(H,18,23). The van der Waals surface area contributed by atoms with Crippen molar-refractivity contribution in [2.45, 2.75) is 46.7 Å². The van der Waals surface area contributed by atoms with Crippen molar-refractivity contribution >= 4 is 40.1 Å². The summed E-state index contributed by atoms with van der Waals surface area (Å²) in [6, 6.07) is 0. The molecule has 2 aromatic heterocycles. The molecular weight excluding hydrogens is 429 g/mol. The Hall–Kier alpha value is -1.09. The predicted octanol–water partition coefficient (Wildman–Crippen LogP) is 2.86. The molecule has 2 aromatic rings. The van der Waals surface area contributed by atoms with Crippen LogP contribution in [0.3, 0.4) is 0 Å². The van der Waals surface area contributed by atoms with Gasteiger partial charge in [-0.3, -0.25) is 14.2 Å². The van der Waals surface area contributed by atoms with Crippen LogP contribution in [0.2, 0.25) is 5.02 Å². The zero-order chi connectivity index (χ0) is 17.0. The fourth-order valence-corrected chi connectivity index (χ4v) is 2.83. The summed E-state index contributed by atoms with van der Waals surface area (Å²) in [5, 5.41) is 12.4. The summed E-state index contributed by atoms with van der Waals surface area (Å²) in [4.78, 5) is 11.8. The average Bonchev–Trinajstić information content (AvgIpc) is 2.96. The molecule has 0 unspecified atom stereocenters. The van der Waals surface area contributed by atoms with Gasteiger partial charge in [-0.15, -0.1) is 0 Å². The molecule has 0 spiro atoms. The number of aromatic nitrogens is 4. The lowest BCUT2D eigenvalue weighted by molar-refractivity contribution is -0.121. The first-order chi connectivity index (χ1) is 10.9. The summed E-state index contributed by atoms with van der Waals surface area (Å²) < 4.78 is 4.82. The second-order valence-corrected chi connectivity index (χ2v) is 7.03. The molecule has 2 heterocycles. The van der Waals surface area contributed by atoms with Crippen molar-refractivity contribution in [3.63, 3.8) is 0 Å².